The van der Waals surface area contributed by atoms with Gasteiger partial charge in [0.2, 0.25) is 0 Å². The Balaban J connectivity index is 0.000000490. The average molecular weight is 128 g/mol. The Labute approximate surface area is 65.7 Å². The summed E-state index contributed by atoms with van der Waals surface area (Å²) in [6.45, 7) is 3.60. The first-order valence-corrected chi connectivity index (χ1v) is 2.66. The van der Waals surface area contributed by atoms with Crippen LogP contribution in [-0.2, 0) is 9.47 Å². The Kier molecular flexibility index (Phi) is 4.94. The predicted molar refractivity (Wildman–Crippen MR) is 34.5 cm³/mol. The monoisotopic (exact) mass is 128 g/mol. The summed E-state index contributed by atoms with van der Waals surface area (Å²) in [5, 5.41) is 0. The van der Waals surface area contributed by atoms with E-state index in [0.717, 1.165) is 19.6 Å². The van der Waals surface area contributed by atoms with E-state index >= 15 is 0 Å². The van der Waals surface area contributed by atoms with Crippen molar-refractivity contribution in [1.29, 1.82) is 0 Å². The molecule has 0 spiro atoms. The first-order chi connectivity index (χ1) is 3.43. The third kappa shape index (κ3) is 2.30. The van der Waals surface area contributed by atoms with Crippen LogP contribution in [-0.4, -0.2) is 42.6 Å². The van der Waals surface area contributed by atoms with Gasteiger partial charge in [-0.1, -0.05) is 6.92 Å². The third-order valence-corrected chi connectivity index (χ3v) is 1.02. The lowest BCUT2D eigenvalue weighted by molar-refractivity contribution is -0.0430. The summed E-state index contributed by atoms with van der Waals surface area (Å²) in [4.78, 5) is 0. The largest absolute Gasteiger partial charge is 0.350 e. The summed E-state index contributed by atoms with van der Waals surface area (Å²) < 4.78 is 10.2. The van der Waals surface area contributed by atoms with Crippen LogP contribution in [0.25, 0.3) is 0 Å². The van der Waals surface area contributed by atoms with Gasteiger partial charge in [-0.25, -0.2) is 0 Å². The summed E-state index contributed by atoms with van der Waals surface area (Å²) in [5.74, 6) is 0. The molecule has 0 saturated carbocycles. The summed E-state index contributed by atoms with van der Waals surface area (Å²) >= 11 is 0. The minimum atomic E-state index is 0. The van der Waals surface area contributed by atoms with Crippen molar-refractivity contribution < 1.29 is 9.47 Å². The van der Waals surface area contributed by atoms with Crippen molar-refractivity contribution in [3.8, 4) is 0 Å². The second kappa shape index (κ2) is 4.55. The second-order valence-corrected chi connectivity index (χ2v) is 1.58. The Hall–Kier alpha value is 0.686. The molecule has 46 valence electrons. The molecule has 1 fully saturated rings. The lowest BCUT2D eigenvalue weighted by Crippen LogP contribution is -2.03. The topological polar surface area (TPSA) is 18.5 Å². The highest BCUT2D eigenvalue weighted by Crippen LogP contribution is 2.05. The molecule has 1 rings (SSSR count). The molecule has 0 atom stereocenters. The Morgan fingerprint density at radius 3 is 2.12 bits per heavy atom. The zero-order valence-corrected chi connectivity index (χ0v) is 4.52. The molecule has 8 heavy (non-hydrogen) atoms. The molecule has 0 radical (unpaired) electrons. The molecule has 0 bridgehead atoms. The molecular formula is C5H12MgO2. The molecule has 0 aromatic heterocycles. The molecule has 1 aliphatic rings. The van der Waals surface area contributed by atoms with E-state index in [1.165, 1.54) is 0 Å². The lowest BCUT2D eigenvalue weighted by atomic mass is 10.5. The van der Waals surface area contributed by atoms with Crippen molar-refractivity contribution in [3.05, 3.63) is 0 Å². The smallest absolute Gasteiger partial charge is 0.316 e. The minimum Gasteiger partial charge on any atom is -0.350 e. The molecule has 3 heteroatoms. The fourth-order valence-electron chi connectivity index (χ4n) is 0.643. The molecule has 0 unspecified atom stereocenters. The average Bonchev–Trinajstić information content (AvgIpc) is 2.14. The van der Waals surface area contributed by atoms with Crippen LogP contribution in [0, 0.1) is 0 Å². The molecule has 1 saturated heterocycles. The van der Waals surface area contributed by atoms with Crippen molar-refractivity contribution >= 4 is 23.1 Å². The molecule has 0 amide bonds. The van der Waals surface area contributed by atoms with Crippen molar-refractivity contribution in [1.82, 2.24) is 0 Å². The highest BCUT2D eigenvalue weighted by atomic mass is 24.3. The second-order valence-electron chi connectivity index (χ2n) is 1.58. The summed E-state index contributed by atoms with van der Waals surface area (Å²) in [6.07, 6.45) is 1.07. The summed E-state index contributed by atoms with van der Waals surface area (Å²) in [5.41, 5.74) is 0. The number of hydrogen-bond acceptors (Lipinski definition) is 2. The quantitative estimate of drug-likeness (QED) is 0.458. The van der Waals surface area contributed by atoms with E-state index in [0.29, 0.717) is 0 Å². The van der Waals surface area contributed by atoms with Gasteiger partial charge in [-0.05, 0) is 6.42 Å². The molecule has 2 nitrogen and oxygen atoms in total. The van der Waals surface area contributed by atoms with Crippen molar-refractivity contribution in [2.24, 2.45) is 0 Å². The van der Waals surface area contributed by atoms with Gasteiger partial charge in [-0.2, -0.15) is 0 Å². The molecule has 0 aliphatic carbocycles. The molecule has 1 aliphatic heterocycles. The van der Waals surface area contributed by atoms with Crippen molar-refractivity contribution in [2.75, 3.05) is 13.2 Å². The van der Waals surface area contributed by atoms with Gasteiger partial charge >= 0.3 is 23.1 Å². The van der Waals surface area contributed by atoms with Crippen molar-refractivity contribution in [3.63, 3.8) is 0 Å². The van der Waals surface area contributed by atoms with Gasteiger partial charge in [0.1, 0.15) is 0 Å². The van der Waals surface area contributed by atoms with Gasteiger partial charge in [0, 0.05) is 0 Å². The Bertz CT molecular complexity index is 52.4. The molecular weight excluding hydrogens is 116 g/mol. The lowest BCUT2D eigenvalue weighted by Gasteiger charge is -2.01. The van der Waals surface area contributed by atoms with E-state index in [4.69, 9.17) is 9.47 Å². The normalized spacial score (nSPS) is 20.6. The molecule has 0 aromatic rings. The van der Waals surface area contributed by atoms with Crippen molar-refractivity contribution in [2.45, 2.75) is 19.6 Å². The van der Waals surface area contributed by atoms with Crippen LogP contribution >= 0.6 is 0 Å². The molecule has 0 N–H and O–H groups in total. The van der Waals surface area contributed by atoms with Gasteiger partial charge in [-0.3, -0.25) is 0 Å². The van der Waals surface area contributed by atoms with Crippen LogP contribution in [0.5, 0.6) is 0 Å². The van der Waals surface area contributed by atoms with E-state index in [1.54, 1.807) is 0 Å². The SMILES string of the molecule is CCC1OCCO1.[MgH2]. The third-order valence-electron chi connectivity index (χ3n) is 1.02. The van der Waals surface area contributed by atoms with Crippen LogP contribution in [0.15, 0.2) is 0 Å². The summed E-state index contributed by atoms with van der Waals surface area (Å²) in [6, 6.07) is 0. The zero-order valence-electron chi connectivity index (χ0n) is 4.52. The van der Waals surface area contributed by atoms with Crippen LogP contribution in [0.3, 0.4) is 0 Å². The number of ether oxygens (including phenoxy) is 2. The number of rotatable bonds is 1. The van der Waals surface area contributed by atoms with E-state index in [2.05, 4.69) is 6.92 Å². The first-order valence-electron chi connectivity index (χ1n) is 2.66. The molecule has 0 aromatic carbocycles. The van der Waals surface area contributed by atoms with Gasteiger partial charge in [0.25, 0.3) is 0 Å². The van der Waals surface area contributed by atoms with E-state index in [1.807, 2.05) is 0 Å². The van der Waals surface area contributed by atoms with Crippen LogP contribution < -0.4 is 0 Å². The molecule has 1 heterocycles. The van der Waals surface area contributed by atoms with Gasteiger partial charge in [0.05, 0.1) is 13.2 Å². The maximum Gasteiger partial charge on any atom is 0.316 e. The Morgan fingerprint density at radius 1 is 1.38 bits per heavy atom. The van der Waals surface area contributed by atoms with E-state index < -0.39 is 0 Å². The van der Waals surface area contributed by atoms with Gasteiger partial charge in [0.15, 0.2) is 6.29 Å². The summed E-state index contributed by atoms with van der Waals surface area (Å²) in [7, 11) is 0. The van der Waals surface area contributed by atoms with E-state index in [9.17, 15) is 0 Å². The maximum absolute atomic E-state index is 5.08. The van der Waals surface area contributed by atoms with Crippen LogP contribution in [0.1, 0.15) is 13.3 Å². The van der Waals surface area contributed by atoms with Crippen LogP contribution in [0.4, 0.5) is 0 Å². The zero-order chi connectivity index (χ0) is 5.11. The predicted octanol–water partition coefficient (Wildman–Crippen LogP) is -0.147. The standard InChI is InChI=1S/C5H10O2.Mg.2H/c1-2-5-6-3-4-7-5;;;/h5H,2-4H2,1H3;;;. The first kappa shape index (κ1) is 8.69. The fourth-order valence-corrected chi connectivity index (χ4v) is 0.643. The fraction of sp³-hybridized carbons (Fsp3) is 1.00. The Morgan fingerprint density at radius 2 is 1.88 bits per heavy atom. The van der Waals surface area contributed by atoms with E-state index in [-0.39, 0.29) is 29.3 Å². The number of hydrogen-bond donors (Lipinski definition) is 0. The minimum absolute atomic E-state index is 0. The van der Waals surface area contributed by atoms with Gasteiger partial charge in [-0.15, -0.1) is 0 Å². The highest BCUT2D eigenvalue weighted by Gasteiger charge is 2.11. The van der Waals surface area contributed by atoms with Gasteiger partial charge < -0.3 is 9.47 Å². The van der Waals surface area contributed by atoms with Crippen LogP contribution in [0.2, 0.25) is 0 Å². The highest BCUT2D eigenvalue weighted by molar-refractivity contribution is 5.75. The maximum atomic E-state index is 5.08.